The number of rotatable bonds is 32. The first-order valence-corrected chi connectivity index (χ1v) is 31.1. The molecule has 4 saturated heterocycles. The average Bonchev–Trinajstić information content (AvgIpc) is 3.38. The van der Waals surface area contributed by atoms with Crippen LogP contribution in [0.5, 0.6) is 0 Å². The molecule has 4 aliphatic heterocycles. The summed E-state index contributed by atoms with van der Waals surface area (Å²) in [6.45, 7) is 10.8. The molecule has 4 heterocycles. The summed E-state index contributed by atoms with van der Waals surface area (Å²) in [5.74, 6) is -0.773. The van der Waals surface area contributed by atoms with Gasteiger partial charge < -0.3 is 79.0 Å². The van der Waals surface area contributed by atoms with Gasteiger partial charge in [0.05, 0.1) is 102 Å². The Morgan fingerprint density at radius 2 is 1.24 bits per heavy atom. The van der Waals surface area contributed by atoms with Crippen LogP contribution in [0.1, 0.15) is 47.0 Å². The molecule has 76 heavy (non-hydrogen) atoms. The minimum atomic E-state index is -3.75. The highest BCUT2D eigenvalue weighted by atomic mass is 31.2. The number of nitrogens with zero attached hydrogens (tertiary/aromatic N) is 8. The van der Waals surface area contributed by atoms with Gasteiger partial charge in [-0.15, -0.1) is 0 Å². The molecule has 10 unspecified atom stereocenters. The smallest absolute Gasteiger partial charge is 0.409 e. The molecule has 0 aliphatic carbocycles. The lowest BCUT2D eigenvalue weighted by molar-refractivity contribution is -0.147. The average molecular weight is 1150 g/mol. The summed E-state index contributed by atoms with van der Waals surface area (Å²) < 4.78 is 106. The van der Waals surface area contributed by atoms with Gasteiger partial charge in [0.2, 0.25) is 11.8 Å². The van der Waals surface area contributed by atoms with Gasteiger partial charge >= 0.3 is 21.4 Å². The fourth-order valence-electron chi connectivity index (χ4n) is 9.19. The summed E-state index contributed by atoms with van der Waals surface area (Å²) in [7, 11) is -2.60. The number of piperazine rings is 1. The van der Waals surface area contributed by atoms with E-state index >= 15 is 0 Å². The number of aliphatic imine (C=N–C) groups is 1. The third-order valence-electron chi connectivity index (χ3n) is 13.0. The predicted molar refractivity (Wildman–Crippen MR) is 285 cm³/mol. The van der Waals surface area contributed by atoms with Gasteiger partial charge in [0.1, 0.15) is 6.61 Å². The number of guanidine groups is 1. The van der Waals surface area contributed by atoms with Gasteiger partial charge in [0, 0.05) is 77.9 Å². The number of amides is 3. The quantitative estimate of drug-likeness (QED) is 0.0265. The molecule has 0 radical (unpaired) electrons. The molecule has 10 atom stereocenters. The second kappa shape index (κ2) is 32.7. The van der Waals surface area contributed by atoms with Crippen LogP contribution in [0.2, 0.25) is 0 Å². The minimum Gasteiger partial charge on any atom is -0.447 e. The van der Waals surface area contributed by atoms with Crippen molar-refractivity contribution in [2.75, 3.05) is 180 Å². The second-order valence-corrected chi connectivity index (χ2v) is 27.4. The van der Waals surface area contributed by atoms with E-state index in [1.807, 2.05) is 27.7 Å². The topological polar surface area (TPSA) is 317 Å². The van der Waals surface area contributed by atoms with Gasteiger partial charge in [-0.05, 0) is 75.3 Å². The summed E-state index contributed by atoms with van der Waals surface area (Å²) >= 11 is 0. The van der Waals surface area contributed by atoms with Gasteiger partial charge in [0.25, 0.3) is 7.52 Å². The summed E-state index contributed by atoms with van der Waals surface area (Å²) in [6, 6.07) is 0. The van der Waals surface area contributed by atoms with Crippen molar-refractivity contribution in [3.05, 3.63) is 0 Å². The minimum absolute atomic E-state index is 0.000223. The van der Waals surface area contributed by atoms with Crippen molar-refractivity contribution in [3.8, 4) is 0 Å². The molecule has 0 aromatic carbocycles. The number of morpholine rings is 3. The highest BCUT2D eigenvalue weighted by Crippen LogP contribution is 2.56. The zero-order valence-electron chi connectivity index (χ0n) is 46.4. The molecule has 31 heteroatoms. The SMILES string of the molecule is CCC(CCCN=C(N)N)C(=O)NCC(=O)N1CC(C)OC(COP(=O)(CNC)N2CC(C)OC(COP(=O)(N(C)C)N3CC(C)OC(COP(=O)(N(C)C)N4CCN(C(=O)OCCOCCOCCO)CC4)C3)C2)C1. The van der Waals surface area contributed by atoms with Crippen molar-refractivity contribution in [1.29, 1.82) is 0 Å². The fourth-order valence-corrected chi connectivity index (χ4v) is 15.4. The first-order valence-electron chi connectivity index (χ1n) is 26.3. The maximum Gasteiger partial charge on any atom is 0.409 e. The Balaban J connectivity index is 1.30. The lowest BCUT2D eigenvalue weighted by Gasteiger charge is -2.44. The predicted octanol–water partition coefficient (Wildman–Crippen LogP) is 0.516. The van der Waals surface area contributed by atoms with E-state index < -0.39 is 59.5 Å². The molecule has 0 saturated carbocycles. The highest BCUT2D eigenvalue weighted by molar-refractivity contribution is 7.56. The third-order valence-corrected chi connectivity index (χ3v) is 20.6. The standard InChI is InChI=1S/C45H91N12O16P3/c1-10-38(12-11-13-49-44(46)47)43(60)50-24-42(59)54-25-35(2)71-39(28-54)31-68-74(62,34-48-5)56-26-36(3)72-40(29-56)32-70-76(64,52(8)9)57-27-37(4)73-41(30-57)33-69-75(63,51(6)7)55-16-14-53(15-17-55)45(61)67-23-22-66-21-20-65-19-18-58/h35-41,48,58H,10-34H2,1-9H3,(H,50,60)(H4,46,47,49). The maximum atomic E-state index is 15.0. The number of carbonyl (C=O) groups excluding carboxylic acids is 3. The van der Waals surface area contributed by atoms with E-state index in [0.717, 1.165) is 0 Å². The Labute approximate surface area is 449 Å². The van der Waals surface area contributed by atoms with Crippen molar-refractivity contribution in [2.45, 2.75) is 83.6 Å². The fraction of sp³-hybridized carbons (Fsp3) is 0.911. The van der Waals surface area contributed by atoms with Gasteiger partial charge in [0.15, 0.2) is 5.96 Å². The summed E-state index contributed by atoms with van der Waals surface area (Å²) in [5.41, 5.74) is 10.8. The van der Waals surface area contributed by atoms with Gasteiger partial charge in [-0.25, -0.2) is 28.1 Å². The maximum absolute atomic E-state index is 15.0. The molecule has 0 aromatic heterocycles. The van der Waals surface area contributed by atoms with Crippen LogP contribution in [-0.2, 0) is 65.3 Å². The largest absolute Gasteiger partial charge is 0.447 e. The van der Waals surface area contributed by atoms with Gasteiger partial charge in [-0.2, -0.15) is 0 Å². The summed E-state index contributed by atoms with van der Waals surface area (Å²) in [4.78, 5) is 46.2. The van der Waals surface area contributed by atoms with Crippen LogP contribution in [0.3, 0.4) is 0 Å². The van der Waals surface area contributed by atoms with E-state index in [2.05, 4.69) is 15.6 Å². The third kappa shape index (κ3) is 20.6. The van der Waals surface area contributed by atoms with E-state index in [1.165, 1.54) is 9.34 Å². The number of carbonyl (C=O) groups is 3. The number of hydrogen-bond donors (Lipinski definition) is 5. The van der Waals surface area contributed by atoms with Crippen LogP contribution in [0.25, 0.3) is 0 Å². The lowest BCUT2D eigenvalue weighted by Crippen LogP contribution is -2.53. The number of hydrogen-bond acceptors (Lipinski definition) is 18. The lowest BCUT2D eigenvalue weighted by atomic mass is 9.99. The summed E-state index contributed by atoms with van der Waals surface area (Å²) in [5, 5.41) is 14.6. The Morgan fingerprint density at radius 1 is 0.711 bits per heavy atom. The second-order valence-electron chi connectivity index (χ2n) is 19.7. The van der Waals surface area contributed by atoms with E-state index in [1.54, 1.807) is 59.0 Å². The Morgan fingerprint density at radius 3 is 1.80 bits per heavy atom. The van der Waals surface area contributed by atoms with E-state index in [-0.39, 0.29) is 148 Å². The van der Waals surface area contributed by atoms with Gasteiger partial charge in [-0.3, -0.25) is 28.3 Å². The zero-order valence-corrected chi connectivity index (χ0v) is 49.0. The molecule has 442 valence electrons. The Hall–Kier alpha value is -2.43. The molecule has 4 fully saturated rings. The van der Waals surface area contributed by atoms with Crippen molar-refractivity contribution < 1.29 is 75.2 Å². The van der Waals surface area contributed by atoms with Crippen molar-refractivity contribution in [3.63, 3.8) is 0 Å². The van der Waals surface area contributed by atoms with Crippen molar-refractivity contribution in [2.24, 2.45) is 22.4 Å². The monoisotopic (exact) mass is 1150 g/mol. The molecule has 4 aliphatic rings. The molecule has 0 aromatic rings. The molecule has 28 nitrogen and oxygen atoms in total. The molecule has 3 amide bonds. The highest BCUT2D eigenvalue weighted by Gasteiger charge is 2.45. The number of aliphatic hydroxyl groups is 1. The molecular formula is C45H91N12O16P3. The molecule has 0 spiro atoms. The van der Waals surface area contributed by atoms with E-state index in [0.29, 0.717) is 45.6 Å². The Kier molecular flexibility index (Phi) is 28.5. The molecule has 7 N–H and O–H groups in total. The summed E-state index contributed by atoms with van der Waals surface area (Å²) in [6.07, 6.45) is -1.73. The Bertz CT molecular complexity index is 1960. The van der Waals surface area contributed by atoms with E-state index in [9.17, 15) is 28.1 Å². The number of nitrogens with two attached hydrogens (primary N) is 2. The number of aliphatic hydroxyl groups excluding tert-OH is 1. The van der Waals surface area contributed by atoms with Crippen LogP contribution < -0.4 is 22.1 Å². The molecule has 4 rings (SSSR count). The first kappa shape index (κ1) is 66.1. The van der Waals surface area contributed by atoms with Crippen molar-refractivity contribution in [1.82, 2.24) is 43.8 Å². The first-order chi connectivity index (χ1) is 36.1. The van der Waals surface area contributed by atoms with Crippen molar-refractivity contribution >= 4 is 46.7 Å². The van der Waals surface area contributed by atoms with E-state index in [4.69, 9.17) is 58.6 Å². The normalized spacial score (nSPS) is 26.1. The number of ether oxygens (including phenoxy) is 6. The molecule has 0 bridgehead atoms. The van der Waals surface area contributed by atoms with Crippen LogP contribution in [0.4, 0.5) is 4.79 Å². The number of nitrogens with one attached hydrogen (secondary N) is 2. The zero-order chi connectivity index (χ0) is 56.1. The molecular weight excluding hydrogens is 1060 g/mol. The van der Waals surface area contributed by atoms with Crippen LogP contribution in [0, 0.1) is 5.92 Å². The van der Waals surface area contributed by atoms with Crippen LogP contribution in [-0.4, -0.2) is 278 Å². The van der Waals surface area contributed by atoms with Gasteiger partial charge in [-0.1, -0.05) is 6.92 Å². The van der Waals surface area contributed by atoms with Crippen LogP contribution in [0.15, 0.2) is 4.99 Å². The van der Waals surface area contributed by atoms with Crippen LogP contribution >= 0.6 is 22.9 Å².